The van der Waals surface area contributed by atoms with E-state index in [0.29, 0.717) is 0 Å². The molecule has 0 saturated heterocycles. The lowest BCUT2D eigenvalue weighted by molar-refractivity contribution is 0.199. The van der Waals surface area contributed by atoms with Crippen LogP contribution in [0, 0.1) is 6.92 Å². The van der Waals surface area contributed by atoms with Crippen molar-refractivity contribution in [2.45, 2.75) is 44.7 Å². The zero-order valence-corrected chi connectivity index (χ0v) is 13.5. The molecule has 0 aliphatic rings. The molecule has 0 amide bonds. The van der Waals surface area contributed by atoms with Gasteiger partial charge in [0, 0.05) is 32.8 Å². The van der Waals surface area contributed by atoms with Gasteiger partial charge in [-0.2, -0.15) is 5.10 Å². The Morgan fingerprint density at radius 1 is 1.37 bits per heavy atom. The highest BCUT2D eigenvalue weighted by Crippen LogP contribution is 2.25. The Morgan fingerprint density at radius 3 is 2.84 bits per heavy atom. The number of aromatic nitrogens is 2. The van der Waals surface area contributed by atoms with Crippen molar-refractivity contribution >= 4 is 11.8 Å². The molecule has 0 aliphatic carbocycles. The number of nitrogens with one attached hydrogen (secondary N) is 1. The quantitative estimate of drug-likeness (QED) is 0.530. The standard InChI is InChI=1S/C14H27N3OS/c1-5-6-7-10-19-14-13(11-15-8-9-18-4)12(2)16-17(14)3/h15H,5-11H2,1-4H3. The second kappa shape index (κ2) is 9.39. The number of hydrogen-bond acceptors (Lipinski definition) is 4. The number of unbranched alkanes of at least 4 members (excludes halogenated alkanes) is 2. The predicted octanol–water partition coefficient (Wildman–Crippen LogP) is 2.75. The van der Waals surface area contributed by atoms with Crippen molar-refractivity contribution in [1.29, 1.82) is 0 Å². The lowest BCUT2D eigenvalue weighted by atomic mass is 10.2. The summed E-state index contributed by atoms with van der Waals surface area (Å²) in [6.45, 7) is 6.83. The number of aryl methyl sites for hydroxylation is 2. The first-order valence-electron chi connectivity index (χ1n) is 7.05. The largest absolute Gasteiger partial charge is 0.383 e. The first-order valence-corrected chi connectivity index (χ1v) is 8.04. The van der Waals surface area contributed by atoms with Crippen molar-refractivity contribution in [3.8, 4) is 0 Å². The second-order valence-corrected chi connectivity index (χ2v) is 5.80. The molecule has 5 heteroatoms. The lowest BCUT2D eigenvalue weighted by Crippen LogP contribution is -2.19. The van der Waals surface area contributed by atoms with Crippen molar-refractivity contribution in [3.05, 3.63) is 11.3 Å². The van der Waals surface area contributed by atoms with E-state index >= 15 is 0 Å². The van der Waals surface area contributed by atoms with Crippen LogP contribution in [-0.4, -0.2) is 35.8 Å². The summed E-state index contributed by atoms with van der Waals surface area (Å²) in [4.78, 5) is 0. The Hall–Kier alpha value is -0.520. The Morgan fingerprint density at radius 2 is 2.16 bits per heavy atom. The molecule has 0 radical (unpaired) electrons. The second-order valence-electron chi connectivity index (χ2n) is 4.72. The molecule has 4 nitrogen and oxygen atoms in total. The van der Waals surface area contributed by atoms with Gasteiger partial charge in [0.15, 0.2) is 0 Å². The third-order valence-corrected chi connectivity index (χ3v) is 4.34. The molecule has 0 atom stereocenters. The number of ether oxygens (including phenoxy) is 1. The van der Waals surface area contributed by atoms with Crippen LogP contribution in [0.4, 0.5) is 0 Å². The van der Waals surface area contributed by atoms with Crippen molar-refractivity contribution in [2.75, 3.05) is 26.0 Å². The van der Waals surface area contributed by atoms with Crippen LogP contribution in [0.3, 0.4) is 0 Å². The van der Waals surface area contributed by atoms with Gasteiger partial charge < -0.3 is 10.1 Å². The molecule has 0 unspecified atom stereocenters. The average Bonchev–Trinajstić information content (AvgIpc) is 2.65. The molecule has 0 aliphatic heterocycles. The van der Waals surface area contributed by atoms with Gasteiger partial charge in [-0.1, -0.05) is 19.8 Å². The van der Waals surface area contributed by atoms with Crippen molar-refractivity contribution in [2.24, 2.45) is 7.05 Å². The zero-order chi connectivity index (χ0) is 14.1. The number of methoxy groups -OCH3 is 1. The van der Waals surface area contributed by atoms with Gasteiger partial charge in [-0.3, -0.25) is 4.68 Å². The summed E-state index contributed by atoms with van der Waals surface area (Å²) in [5.74, 6) is 1.18. The minimum absolute atomic E-state index is 0.748. The van der Waals surface area contributed by atoms with E-state index in [4.69, 9.17) is 4.74 Å². The van der Waals surface area contributed by atoms with Gasteiger partial charge in [-0.05, 0) is 19.1 Å². The van der Waals surface area contributed by atoms with Gasteiger partial charge in [-0.15, -0.1) is 11.8 Å². The molecule has 1 N–H and O–H groups in total. The molecule has 110 valence electrons. The molecule has 1 heterocycles. The molecule has 1 rings (SSSR count). The van der Waals surface area contributed by atoms with Crippen molar-refractivity contribution in [1.82, 2.24) is 15.1 Å². The van der Waals surface area contributed by atoms with E-state index in [1.54, 1.807) is 7.11 Å². The van der Waals surface area contributed by atoms with Gasteiger partial charge in [0.1, 0.15) is 0 Å². The molecule has 0 spiro atoms. The van der Waals surface area contributed by atoms with Crippen molar-refractivity contribution < 1.29 is 4.74 Å². The number of rotatable bonds is 10. The first kappa shape index (κ1) is 16.5. The summed E-state index contributed by atoms with van der Waals surface area (Å²) in [5, 5.41) is 9.24. The van der Waals surface area contributed by atoms with Gasteiger partial charge in [0.25, 0.3) is 0 Å². The van der Waals surface area contributed by atoms with E-state index in [1.165, 1.54) is 35.6 Å². The maximum Gasteiger partial charge on any atom is 0.0984 e. The molecular weight excluding hydrogens is 258 g/mol. The van der Waals surface area contributed by atoms with E-state index in [2.05, 4.69) is 24.3 Å². The zero-order valence-electron chi connectivity index (χ0n) is 12.7. The fourth-order valence-electron chi connectivity index (χ4n) is 1.97. The predicted molar refractivity (Wildman–Crippen MR) is 81.8 cm³/mol. The topological polar surface area (TPSA) is 39.1 Å². The Kier molecular flexibility index (Phi) is 8.18. The van der Waals surface area contributed by atoms with E-state index in [1.807, 2.05) is 23.5 Å². The summed E-state index contributed by atoms with van der Waals surface area (Å²) < 4.78 is 7.06. The monoisotopic (exact) mass is 285 g/mol. The summed E-state index contributed by atoms with van der Waals surface area (Å²) in [6.07, 6.45) is 3.86. The van der Waals surface area contributed by atoms with Crippen LogP contribution in [0.15, 0.2) is 5.03 Å². The lowest BCUT2D eigenvalue weighted by Gasteiger charge is -2.07. The molecule has 0 aromatic carbocycles. The Bertz CT molecular complexity index is 333. The Balaban J connectivity index is 2.52. The summed E-state index contributed by atoms with van der Waals surface area (Å²) in [6, 6.07) is 0. The first-order chi connectivity index (χ1) is 9.20. The van der Waals surface area contributed by atoms with Crippen LogP contribution in [-0.2, 0) is 18.3 Å². The van der Waals surface area contributed by atoms with Crippen LogP contribution < -0.4 is 5.32 Å². The maximum atomic E-state index is 5.05. The third kappa shape index (κ3) is 5.55. The SMILES string of the molecule is CCCCCSc1c(CNCCOC)c(C)nn1C. The van der Waals surface area contributed by atoms with Crippen LogP contribution in [0.2, 0.25) is 0 Å². The third-order valence-electron chi connectivity index (χ3n) is 3.06. The van der Waals surface area contributed by atoms with Crippen molar-refractivity contribution in [3.63, 3.8) is 0 Å². The molecule has 0 saturated carbocycles. The molecule has 0 bridgehead atoms. The van der Waals surface area contributed by atoms with Gasteiger partial charge in [0.2, 0.25) is 0 Å². The fourth-order valence-corrected chi connectivity index (χ4v) is 3.14. The summed E-state index contributed by atoms with van der Waals surface area (Å²) in [5.41, 5.74) is 2.46. The van der Waals surface area contributed by atoms with E-state index < -0.39 is 0 Å². The molecule has 1 aromatic heterocycles. The highest BCUT2D eigenvalue weighted by molar-refractivity contribution is 7.99. The molecular formula is C14H27N3OS. The van der Waals surface area contributed by atoms with E-state index in [0.717, 1.165) is 25.4 Å². The number of nitrogens with zero attached hydrogens (tertiary/aromatic N) is 2. The molecule has 19 heavy (non-hydrogen) atoms. The summed E-state index contributed by atoms with van der Waals surface area (Å²) >= 11 is 1.93. The van der Waals surface area contributed by atoms with Crippen LogP contribution in [0.5, 0.6) is 0 Å². The minimum atomic E-state index is 0.748. The van der Waals surface area contributed by atoms with Gasteiger partial charge >= 0.3 is 0 Å². The van der Waals surface area contributed by atoms with Gasteiger partial charge in [-0.25, -0.2) is 0 Å². The molecule has 0 fully saturated rings. The van der Waals surface area contributed by atoms with Gasteiger partial charge in [0.05, 0.1) is 17.3 Å². The average molecular weight is 285 g/mol. The number of thioether (sulfide) groups is 1. The highest BCUT2D eigenvalue weighted by Gasteiger charge is 2.12. The normalized spacial score (nSPS) is 11.2. The minimum Gasteiger partial charge on any atom is -0.383 e. The van der Waals surface area contributed by atoms with Crippen LogP contribution >= 0.6 is 11.8 Å². The molecule has 1 aromatic rings. The van der Waals surface area contributed by atoms with Crippen LogP contribution in [0.1, 0.15) is 37.4 Å². The van der Waals surface area contributed by atoms with Crippen LogP contribution in [0.25, 0.3) is 0 Å². The smallest absolute Gasteiger partial charge is 0.0984 e. The maximum absolute atomic E-state index is 5.05. The highest BCUT2D eigenvalue weighted by atomic mass is 32.2. The fraction of sp³-hybridized carbons (Fsp3) is 0.786. The Labute approximate surface area is 121 Å². The number of hydrogen-bond donors (Lipinski definition) is 1. The summed E-state index contributed by atoms with van der Waals surface area (Å²) in [7, 11) is 3.76. The van der Waals surface area contributed by atoms with E-state index in [9.17, 15) is 0 Å². The van der Waals surface area contributed by atoms with E-state index in [-0.39, 0.29) is 0 Å².